The highest BCUT2D eigenvalue weighted by Gasteiger charge is 2.16. The molecule has 0 saturated heterocycles. The van der Waals surface area contributed by atoms with E-state index in [1.54, 1.807) is 5.38 Å². The van der Waals surface area contributed by atoms with E-state index in [1.807, 2.05) is 31.2 Å². The zero-order valence-corrected chi connectivity index (χ0v) is 16.5. The Kier molecular flexibility index (Phi) is 7.95. The largest absolute Gasteiger partial charge is 0.804 e. The van der Waals surface area contributed by atoms with Gasteiger partial charge in [0.05, 0.1) is 31.9 Å². The summed E-state index contributed by atoms with van der Waals surface area (Å²) in [6, 6.07) is 7.83. The lowest BCUT2D eigenvalue weighted by Gasteiger charge is -2.34. The van der Waals surface area contributed by atoms with Crippen molar-refractivity contribution in [2.45, 2.75) is 34.6 Å². The molecular formula is C18H28N2OS2. The first-order valence-electron chi connectivity index (χ1n) is 8.23. The summed E-state index contributed by atoms with van der Waals surface area (Å²) in [5.41, 5.74) is 2.73. The van der Waals surface area contributed by atoms with Crippen LogP contribution in [0.25, 0.3) is 11.3 Å². The number of thiazole rings is 1. The first-order chi connectivity index (χ1) is 10.9. The zero-order valence-electron chi connectivity index (χ0n) is 14.8. The fourth-order valence-corrected chi connectivity index (χ4v) is 3.43. The summed E-state index contributed by atoms with van der Waals surface area (Å²) in [5.74, 6) is 0. The number of hydrogen-bond donors (Lipinski definition) is 0. The molecule has 2 aromatic rings. The molecule has 0 radical (unpaired) electrons. The average molecular weight is 353 g/mol. The fraction of sp³-hybridized carbons (Fsp3) is 0.500. The third-order valence-electron chi connectivity index (χ3n) is 4.69. The van der Waals surface area contributed by atoms with Crippen LogP contribution in [0.3, 0.4) is 0 Å². The molecule has 0 aliphatic rings. The molecule has 0 fully saturated rings. The third-order valence-corrected chi connectivity index (χ3v) is 5.85. The van der Waals surface area contributed by atoms with E-state index in [1.165, 1.54) is 47.6 Å². The molecule has 1 aromatic carbocycles. The monoisotopic (exact) mass is 352 g/mol. The number of quaternary nitrogens is 1. The van der Waals surface area contributed by atoms with Gasteiger partial charge in [0.25, 0.3) is 0 Å². The van der Waals surface area contributed by atoms with Crippen LogP contribution in [0.5, 0.6) is 0 Å². The Balaban J connectivity index is 0.000000257. The highest BCUT2D eigenvalue weighted by Crippen LogP contribution is 2.23. The standard InChI is InChI=1S/C10H8NOS2.C8H20N/c1-7-2-4-8(5-3-7)9-6-14-10(13)11(9)12;1-5-9(6-2,7-3)8-4/h2-6H,1H3;5-8H2,1-4H3/q-1;+1. The van der Waals surface area contributed by atoms with E-state index < -0.39 is 0 Å². The number of nitrogens with zero attached hydrogens (tertiary/aromatic N) is 2. The molecule has 5 heteroatoms. The molecule has 0 bridgehead atoms. The lowest BCUT2D eigenvalue weighted by Crippen LogP contribution is -2.47. The van der Waals surface area contributed by atoms with Gasteiger partial charge in [-0.1, -0.05) is 29.8 Å². The lowest BCUT2D eigenvalue weighted by atomic mass is 10.1. The summed E-state index contributed by atoms with van der Waals surface area (Å²) < 4.78 is 2.44. The number of aryl methyl sites for hydroxylation is 1. The van der Waals surface area contributed by atoms with Crippen LogP contribution in [0.2, 0.25) is 0 Å². The van der Waals surface area contributed by atoms with Crippen molar-refractivity contribution in [2.75, 3.05) is 26.2 Å². The maximum absolute atomic E-state index is 11.5. The molecule has 0 saturated carbocycles. The van der Waals surface area contributed by atoms with Crippen LogP contribution in [-0.4, -0.2) is 35.4 Å². The molecule has 2 rings (SSSR count). The van der Waals surface area contributed by atoms with Crippen LogP contribution in [0.4, 0.5) is 0 Å². The number of benzene rings is 1. The van der Waals surface area contributed by atoms with E-state index in [0.717, 1.165) is 10.3 Å². The van der Waals surface area contributed by atoms with Gasteiger partial charge in [-0.15, -0.1) is 11.3 Å². The second kappa shape index (κ2) is 9.21. The van der Waals surface area contributed by atoms with Gasteiger partial charge in [0.1, 0.15) is 0 Å². The Bertz CT molecular complexity index is 622. The van der Waals surface area contributed by atoms with E-state index >= 15 is 0 Å². The molecule has 0 unspecified atom stereocenters. The van der Waals surface area contributed by atoms with E-state index in [0.29, 0.717) is 9.65 Å². The predicted octanol–water partition coefficient (Wildman–Crippen LogP) is 5.48. The summed E-state index contributed by atoms with van der Waals surface area (Å²) in [5, 5.41) is 13.3. The summed E-state index contributed by atoms with van der Waals surface area (Å²) >= 11 is 6.16. The quantitative estimate of drug-likeness (QED) is 0.526. The second-order valence-corrected chi connectivity index (χ2v) is 7.16. The summed E-state index contributed by atoms with van der Waals surface area (Å²) in [4.78, 5) is 0. The highest BCUT2D eigenvalue weighted by molar-refractivity contribution is 7.73. The zero-order chi connectivity index (χ0) is 17.5. The molecule has 23 heavy (non-hydrogen) atoms. The summed E-state index contributed by atoms with van der Waals surface area (Å²) in [7, 11) is 0. The SMILES string of the molecule is CC[N+](CC)(CC)CC.Cc1ccc(-c2csc(=S)n2[O-])cc1. The maximum atomic E-state index is 11.5. The van der Waals surface area contributed by atoms with Crippen molar-refractivity contribution in [3.8, 4) is 11.3 Å². The van der Waals surface area contributed by atoms with E-state index in [2.05, 4.69) is 27.7 Å². The molecule has 0 aliphatic carbocycles. The number of aromatic nitrogens is 1. The second-order valence-electron chi connectivity index (χ2n) is 5.65. The minimum Gasteiger partial charge on any atom is -0.804 e. The Morgan fingerprint density at radius 3 is 1.78 bits per heavy atom. The van der Waals surface area contributed by atoms with Gasteiger partial charge in [0.15, 0.2) is 3.95 Å². The van der Waals surface area contributed by atoms with E-state index in [9.17, 15) is 5.21 Å². The molecular weight excluding hydrogens is 324 g/mol. The number of hydrogen-bond acceptors (Lipinski definition) is 3. The van der Waals surface area contributed by atoms with Gasteiger partial charge in [-0.2, -0.15) is 0 Å². The topological polar surface area (TPSA) is 28.0 Å². The molecule has 1 aromatic heterocycles. The van der Waals surface area contributed by atoms with Gasteiger partial charge < -0.3 is 14.4 Å². The van der Waals surface area contributed by atoms with Crippen molar-refractivity contribution in [3.63, 3.8) is 0 Å². The lowest BCUT2D eigenvalue weighted by molar-refractivity contribution is -0.921. The van der Waals surface area contributed by atoms with Crippen molar-refractivity contribution in [1.29, 1.82) is 0 Å². The van der Waals surface area contributed by atoms with Crippen LogP contribution in [-0.2, 0) is 0 Å². The normalized spacial score (nSPS) is 11.0. The van der Waals surface area contributed by atoms with Crippen LogP contribution < -0.4 is 0 Å². The molecule has 0 atom stereocenters. The van der Waals surface area contributed by atoms with Gasteiger partial charge in [0, 0.05) is 5.38 Å². The average Bonchev–Trinajstić information content (AvgIpc) is 2.91. The highest BCUT2D eigenvalue weighted by atomic mass is 32.1. The van der Waals surface area contributed by atoms with Gasteiger partial charge in [-0.3, -0.25) is 0 Å². The van der Waals surface area contributed by atoms with Crippen molar-refractivity contribution in [3.05, 3.63) is 44.4 Å². The Hall–Kier alpha value is -1.17. The van der Waals surface area contributed by atoms with Crippen LogP contribution in [0.15, 0.2) is 29.6 Å². The van der Waals surface area contributed by atoms with Gasteiger partial charge in [-0.05, 0) is 52.4 Å². The molecule has 1 heterocycles. The molecule has 0 amide bonds. The molecule has 0 aliphatic heterocycles. The van der Waals surface area contributed by atoms with E-state index in [-0.39, 0.29) is 0 Å². The molecule has 128 valence electrons. The van der Waals surface area contributed by atoms with Gasteiger partial charge >= 0.3 is 0 Å². The molecule has 0 N–H and O–H groups in total. The Labute approximate surface area is 149 Å². The van der Waals surface area contributed by atoms with Crippen molar-refractivity contribution in [2.24, 2.45) is 0 Å². The predicted molar refractivity (Wildman–Crippen MR) is 105 cm³/mol. The third kappa shape index (κ3) is 5.16. The van der Waals surface area contributed by atoms with Crippen LogP contribution in [0, 0.1) is 16.1 Å². The summed E-state index contributed by atoms with van der Waals surface area (Å²) in [6.45, 7) is 16.2. The van der Waals surface area contributed by atoms with Gasteiger partial charge in [-0.25, -0.2) is 0 Å². The van der Waals surface area contributed by atoms with E-state index in [4.69, 9.17) is 12.2 Å². The smallest absolute Gasteiger partial charge is 0.156 e. The minimum atomic E-state index is 0.362. The molecule has 0 spiro atoms. The maximum Gasteiger partial charge on any atom is 0.156 e. The Morgan fingerprint density at radius 1 is 1.00 bits per heavy atom. The van der Waals surface area contributed by atoms with Crippen molar-refractivity contribution in [1.82, 2.24) is 4.73 Å². The minimum absolute atomic E-state index is 0.362. The fourth-order valence-electron chi connectivity index (χ4n) is 2.55. The first-order valence-corrected chi connectivity index (χ1v) is 9.52. The van der Waals surface area contributed by atoms with Crippen LogP contribution in [0.1, 0.15) is 33.3 Å². The number of rotatable bonds is 5. The van der Waals surface area contributed by atoms with Crippen LogP contribution >= 0.6 is 23.6 Å². The summed E-state index contributed by atoms with van der Waals surface area (Å²) in [6.07, 6.45) is 0. The first kappa shape index (κ1) is 19.9. The van der Waals surface area contributed by atoms with Crippen molar-refractivity contribution < 1.29 is 4.48 Å². The van der Waals surface area contributed by atoms with Crippen molar-refractivity contribution >= 4 is 23.6 Å². The molecule has 3 nitrogen and oxygen atoms in total. The Morgan fingerprint density at radius 2 is 1.48 bits per heavy atom. The van der Waals surface area contributed by atoms with Gasteiger partial charge in [0.2, 0.25) is 0 Å².